The number of piperazine rings is 1. The largest absolute Gasteiger partial charge is 0.342 e. The summed E-state index contributed by atoms with van der Waals surface area (Å²) < 4.78 is 0. The molecule has 0 bridgehead atoms. The van der Waals surface area contributed by atoms with Crippen LogP contribution in [0.4, 0.5) is 0 Å². The summed E-state index contributed by atoms with van der Waals surface area (Å²) in [7, 11) is 0. The van der Waals surface area contributed by atoms with Gasteiger partial charge >= 0.3 is 0 Å². The van der Waals surface area contributed by atoms with Gasteiger partial charge in [-0.2, -0.15) is 0 Å². The molecule has 2 heterocycles. The van der Waals surface area contributed by atoms with Gasteiger partial charge in [-0.15, -0.1) is 11.3 Å². The van der Waals surface area contributed by atoms with E-state index in [0.29, 0.717) is 31.1 Å². The number of rotatable bonds is 4. The fourth-order valence-electron chi connectivity index (χ4n) is 2.45. The molecule has 0 saturated carbocycles. The van der Waals surface area contributed by atoms with Crippen LogP contribution in [0, 0.1) is 12.8 Å². The zero-order valence-corrected chi connectivity index (χ0v) is 14.6. The Morgan fingerprint density at radius 1 is 1.13 bits per heavy atom. The molecule has 1 N–H and O–H groups in total. The molecule has 1 aliphatic rings. The van der Waals surface area contributed by atoms with Crippen molar-refractivity contribution in [1.29, 1.82) is 0 Å². The molecule has 0 aliphatic carbocycles. The maximum Gasteiger partial charge on any atom is 0.261 e. The normalized spacial score (nSPS) is 15.0. The van der Waals surface area contributed by atoms with Crippen molar-refractivity contribution in [1.82, 2.24) is 15.1 Å². The van der Waals surface area contributed by atoms with Gasteiger partial charge in [0.1, 0.15) is 0 Å². The smallest absolute Gasteiger partial charge is 0.261 e. The van der Waals surface area contributed by atoms with E-state index in [-0.39, 0.29) is 30.2 Å². The topological polar surface area (TPSA) is 69.7 Å². The van der Waals surface area contributed by atoms with Gasteiger partial charge < -0.3 is 15.1 Å². The van der Waals surface area contributed by atoms with Gasteiger partial charge in [-0.25, -0.2) is 0 Å². The molecule has 2 rings (SSSR count). The van der Waals surface area contributed by atoms with Gasteiger partial charge in [-0.3, -0.25) is 14.4 Å². The average molecular weight is 337 g/mol. The van der Waals surface area contributed by atoms with E-state index >= 15 is 0 Å². The van der Waals surface area contributed by atoms with Crippen LogP contribution >= 0.6 is 11.3 Å². The summed E-state index contributed by atoms with van der Waals surface area (Å²) in [5.74, 6) is -0.224. The van der Waals surface area contributed by atoms with Crippen LogP contribution in [0.25, 0.3) is 0 Å². The fourth-order valence-corrected chi connectivity index (χ4v) is 3.24. The van der Waals surface area contributed by atoms with Gasteiger partial charge in [0.15, 0.2) is 0 Å². The van der Waals surface area contributed by atoms with E-state index in [1.54, 1.807) is 15.9 Å². The van der Waals surface area contributed by atoms with Crippen molar-refractivity contribution < 1.29 is 14.4 Å². The summed E-state index contributed by atoms with van der Waals surface area (Å²) in [5, 5.41) is 2.66. The zero-order valence-electron chi connectivity index (χ0n) is 13.8. The van der Waals surface area contributed by atoms with Crippen molar-refractivity contribution in [3.05, 3.63) is 21.9 Å². The molecule has 1 fully saturated rings. The lowest BCUT2D eigenvalue weighted by atomic mass is 10.1. The Hall–Kier alpha value is -1.89. The number of aryl methyl sites for hydroxylation is 1. The monoisotopic (exact) mass is 337 g/mol. The fraction of sp³-hybridized carbons (Fsp3) is 0.562. The predicted octanol–water partition coefficient (Wildman–Crippen LogP) is 1.11. The van der Waals surface area contributed by atoms with Gasteiger partial charge in [0.05, 0.1) is 11.4 Å². The first-order valence-corrected chi connectivity index (χ1v) is 8.61. The first kappa shape index (κ1) is 17.5. The first-order valence-electron chi connectivity index (χ1n) is 7.79. The van der Waals surface area contributed by atoms with Crippen molar-refractivity contribution in [3.8, 4) is 0 Å². The summed E-state index contributed by atoms with van der Waals surface area (Å²) in [6.45, 7) is 7.83. The molecule has 23 heavy (non-hydrogen) atoms. The summed E-state index contributed by atoms with van der Waals surface area (Å²) in [6, 6.07) is 3.64. The second kappa shape index (κ2) is 7.59. The van der Waals surface area contributed by atoms with E-state index in [2.05, 4.69) is 5.32 Å². The lowest BCUT2D eigenvalue weighted by molar-refractivity contribution is -0.140. The molecule has 1 aromatic rings. The Morgan fingerprint density at radius 2 is 1.74 bits per heavy atom. The van der Waals surface area contributed by atoms with Crippen molar-refractivity contribution in [2.24, 2.45) is 5.92 Å². The molecule has 1 saturated heterocycles. The molecule has 0 aromatic carbocycles. The third-order valence-electron chi connectivity index (χ3n) is 3.80. The number of hydrogen-bond donors (Lipinski definition) is 1. The van der Waals surface area contributed by atoms with Crippen molar-refractivity contribution in [2.75, 3.05) is 32.7 Å². The summed E-state index contributed by atoms with van der Waals surface area (Å²) in [6.07, 6.45) is 0. The Kier molecular flexibility index (Phi) is 5.76. The first-order chi connectivity index (χ1) is 10.9. The molecule has 0 atom stereocenters. The molecule has 0 radical (unpaired) electrons. The third kappa shape index (κ3) is 4.54. The molecule has 3 amide bonds. The van der Waals surface area contributed by atoms with E-state index in [1.165, 1.54) is 11.3 Å². The van der Waals surface area contributed by atoms with Gasteiger partial charge in [0, 0.05) is 37.0 Å². The highest BCUT2D eigenvalue weighted by molar-refractivity contribution is 7.13. The Morgan fingerprint density at radius 3 is 2.26 bits per heavy atom. The van der Waals surface area contributed by atoms with Crippen LogP contribution in [0.15, 0.2) is 12.1 Å². The predicted molar refractivity (Wildman–Crippen MR) is 89.4 cm³/mol. The highest BCUT2D eigenvalue weighted by Gasteiger charge is 2.25. The molecule has 6 nitrogen and oxygen atoms in total. The quantitative estimate of drug-likeness (QED) is 0.895. The molecular weight excluding hydrogens is 314 g/mol. The molecule has 1 aromatic heterocycles. The lowest BCUT2D eigenvalue weighted by Gasteiger charge is -2.35. The van der Waals surface area contributed by atoms with Gasteiger partial charge in [0.2, 0.25) is 11.8 Å². The lowest BCUT2D eigenvalue weighted by Crippen LogP contribution is -2.53. The number of carbonyl (C=O) groups is 3. The second-order valence-corrected chi connectivity index (χ2v) is 7.24. The average Bonchev–Trinajstić information content (AvgIpc) is 2.98. The summed E-state index contributed by atoms with van der Waals surface area (Å²) in [5.41, 5.74) is 0. The highest BCUT2D eigenvalue weighted by Crippen LogP contribution is 2.14. The number of nitrogens with zero attached hydrogens (tertiary/aromatic N) is 2. The molecular formula is C16H23N3O3S. The molecule has 0 unspecified atom stereocenters. The van der Waals surface area contributed by atoms with Crippen molar-refractivity contribution in [2.45, 2.75) is 20.8 Å². The minimum Gasteiger partial charge on any atom is -0.342 e. The van der Waals surface area contributed by atoms with E-state index in [4.69, 9.17) is 0 Å². The molecule has 1 aliphatic heterocycles. The Balaban J connectivity index is 1.77. The van der Waals surface area contributed by atoms with Crippen molar-refractivity contribution >= 4 is 29.1 Å². The molecule has 7 heteroatoms. The number of carbonyl (C=O) groups excluding carboxylic acids is 3. The van der Waals surface area contributed by atoms with Crippen LogP contribution in [0.5, 0.6) is 0 Å². The van der Waals surface area contributed by atoms with Gasteiger partial charge in [-0.05, 0) is 19.1 Å². The maximum atomic E-state index is 12.2. The van der Waals surface area contributed by atoms with Crippen molar-refractivity contribution in [3.63, 3.8) is 0 Å². The van der Waals surface area contributed by atoms with E-state index in [0.717, 1.165) is 4.88 Å². The van der Waals surface area contributed by atoms with Gasteiger partial charge in [0.25, 0.3) is 5.91 Å². The summed E-state index contributed by atoms with van der Waals surface area (Å²) >= 11 is 1.41. The van der Waals surface area contributed by atoms with E-state index in [9.17, 15) is 14.4 Å². The standard InChI is InChI=1S/C16H23N3O3S/c1-11(2)16(22)19-8-6-18(7-9-19)14(20)10-17-15(21)13-5-4-12(3)23-13/h4-5,11H,6-10H2,1-3H3,(H,17,21). The van der Waals surface area contributed by atoms with E-state index in [1.807, 2.05) is 26.8 Å². The van der Waals surface area contributed by atoms with Crippen LogP contribution in [0.1, 0.15) is 28.4 Å². The van der Waals surface area contributed by atoms with Gasteiger partial charge in [-0.1, -0.05) is 13.8 Å². The van der Waals surface area contributed by atoms with Crippen LogP contribution in [0.3, 0.4) is 0 Å². The van der Waals surface area contributed by atoms with E-state index < -0.39 is 0 Å². The minimum atomic E-state index is -0.218. The molecule has 0 spiro atoms. The highest BCUT2D eigenvalue weighted by atomic mass is 32.1. The Bertz CT molecular complexity index is 589. The number of nitrogens with one attached hydrogen (secondary N) is 1. The Labute approximate surface area is 140 Å². The minimum absolute atomic E-state index is 0.00604. The number of thiophene rings is 1. The maximum absolute atomic E-state index is 12.2. The summed E-state index contributed by atoms with van der Waals surface area (Å²) in [4.78, 5) is 41.2. The zero-order chi connectivity index (χ0) is 17.0. The van der Waals surface area contributed by atoms with Crippen LogP contribution in [-0.4, -0.2) is 60.2 Å². The number of amides is 3. The van der Waals surface area contributed by atoms with Crippen LogP contribution in [0.2, 0.25) is 0 Å². The number of hydrogen-bond acceptors (Lipinski definition) is 4. The SMILES string of the molecule is Cc1ccc(C(=O)NCC(=O)N2CCN(C(=O)C(C)C)CC2)s1. The third-order valence-corrected chi connectivity index (χ3v) is 4.80. The molecule has 126 valence electrons. The second-order valence-electron chi connectivity index (χ2n) is 5.95. The van der Waals surface area contributed by atoms with Crippen LogP contribution < -0.4 is 5.32 Å². The van der Waals surface area contributed by atoms with Crippen LogP contribution in [-0.2, 0) is 9.59 Å².